The first kappa shape index (κ1) is 32.9. The summed E-state index contributed by atoms with van der Waals surface area (Å²) in [5, 5.41) is 22.8. The van der Waals surface area contributed by atoms with Crippen molar-refractivity contribution >= 4 is 64.6 Å². The molecule has 3 N–H and O–H groups in total. The van der Waals surface area contributed by atoms with Crippen LogP contribution in [0.4, 0.5) is 11.4 Å². The van der Waals surface area contributed by atoms with E-state index in [0.717, 1.165) is 60.9 Å². The predicted molar refractivity (Wildman–Crippen MR) is 210 cm³/mol. The number of nitrogens with one attached hydrogen (secondary N) is 1. The molecule has 0 aliphatic rings. The first-order valence-electron chi connectivity index (χ1n) is 16.6. The maximum Gasteiger partial charge on any atom is 0.335 e. The van der Waals surface area contributed by atoms with Gasteiger partial charge in [-0.1, -0.05) is 161 Å². The highest BCUT2D eigenvalue weighted by molar-refractivity contribution is 6.96. The molecular formula is C44H32B2NO4. The van der Waals surface area contributed by atoms with Crippen LogP contribution in [0.1, 0.15) is 20.7 Å². The lowest BCUT2D eigenvalue weighted by Crippen LogP contribution is -2.52. The molecule has 0 aliphatic carbocycles. The van der Waals surface area contributed by atoms with Gasteiger partial charge in [0.2, 0.25) is 6.71 Å². The summed E-state index contributed by atoms with van der Waals surface area (Å²) in [5.74, 6) is -1.92. The largest absolute Gasteiger partial charge is 0.478 e. The van der Waals surface area contributed by atoms with Gasteiger partial charge in [0.1, 0.15) is 0 Å². The summed E-state index contributed by atoms with van der Waals surface area (Å²) in [6.45, 7) is -0.124. The van der Waals surface area contributed by atoms with Crippen LogP contribution in [0.25, 0.3) is 22.3 Å². The summed E-state index contributed by atoms with van der Waals surface area (Å²) in [7, 11) is 2.14. The lowest BCUT2D eigenvalue weighted by Gasteiger charge is -2.23. The van der Waals surface area contributed by atoms with Crippen LogP contribution in [-0.4, -0.2) is 36.1 Å². The Morgan fingerprint density at radius 2 is 0.922 bits per heavy atom. The Morgan fingerprint density at radius 3 is 1.43 bits per heavy atom. The van der Waals surface area contributed by atoms with Crippen LogP contribution in [0.15, 0.2) is 176 Å². The standard InChI is InChI=1S/C44H32B2NO4/c48-43(49)32-20-16-30(17-21-32)34-25-27-41(40(28-34)46(37-12-6-2-7-13-37)38-14-8-3-9-15-38)47-42-29-35(31-18-22-33(23-19-31)44(50)51)24-26-39(42)45-36-10-4-1-5-11-36/h1-29,47H,(H,48,49)(H,50,51). The molecule has 0 atom stereocenters. The minimum atomic E-state index is -0.961. The van der Waals surface area contributed by atoms with Crippen molar-refractivity contribution in [1.29, 1.82) is 0 Å². The second kappa shape index (κ2) is 14.9. The van der Waals surface area contributed by atoms with Crippen LogP contribution >= 0.6 is 0 Å². The summed E-state index contributed by atoms with van der Waals surface area (Å²) in [6.07, 6.45) is 0. The molecule has 0 fully saturated rings. The summed E-state index contributed by atoms with van der Waals surface area (Å²) < 4.78 is 0. The molecule has 0 bridgehead atoms. The molecule has 5 nitrogen and oxygen atoms in total. The fraction of sp³-hybridized carbons (Fsp3) is 0. The fourth-order valence-electron chi connectivity index (χ4n) is 6.39. The van der Waals surface area contributed by atoms with E-state index in [2.05, 4.69) is 110 Å². The van der Waals surface area contributed by atoms with Crippen molar-refractivity contribution < 1.29 is 19.8 Å². The van der Waals surface area contributed by atoms with Gasteiger partial charge in [0.15, 0.2) is 7.28 Å². The normalized spacial score (nSPS) is 10.7. The third kappa shape index (κ3) is 7.53. The van der Waals surface area contributed by atoms with E-state index in [0.29, 0.717) is 0 Å². The van der Waals surface area contributed by atoms with E-state index in [4.69, 9.17) is 0 Å². The molecule has 0 saturated heterocycles. The number of carboxylic acids is 2. The number of carboxylic acid groups (broad SMARTS) is 2. The number of anilines is 2. The van der Waals surface area contributed by atoms with Gasteiger partial charge in [0.05, 0.1) is 11.1 Å². The van der Waals surface area contributed by atoms with Crippen molar-refractivity contribution in [3.63, 3.8) is 0 Å². The van der Waals surface area contributed by atoms with Crippen molar-refractivity contribution in [3.8, 4) is 22.3 Å². The van der Waals surface area contributed by atoms with E-state index in [-0.39, 0.29) is 17.8 Å². The first-order valence-corrected chi connectivity index (χ1v) is 16.6. The lowest BCUT2D eigenvalue weighted by molar-refractivity contribution is 0.0686. The highest BCUT2D eigenvalue weighted by Gasteiger charge is 2.25. The Labute approximate surface area is 298 Å². The summed E-state index contributed by atoms with van der Waals surface area (Å²) >= 11 is 0. The molecule has 0 unspecified atom stereocenters. The van der Waals surface area contributed by atoms with Gasteiger partial charge in [-0.25, -0.2) is 9.59 Å². The van der Waals surface area contributed by atoms with Crippen LogP contribution in [0.5, 0.6) is 0 Å². The van der Waals surface area contributed by atoms with Gasteiger partial charge in [-0.15, -0.1) is 0 Å². The molecule has 7 aromatic rings. The first-order chi connectivity index (χ1) is 24.9. The summed E-state index contributed by atoms with van der Waals surface area (Å²) in [5.41, 5.74) is 11.4. The maximum absolute atomic E-state index is 11.6. The number of carbonyl (C=O) groups is 2. The van der Waals surface area contributed by atoms with E-state index in [1.54, 1.807) is 24.3 Å². The Morgan fingerprint density at radius 1 is 0.471 bits per heavy atom. The zero-order valence-corrected chi connectivity index (χ0v) is 27.6. The van der Waals surface area contributed by atoms with Crippen molar-refractivity contribution in [2.24, 2.45) is 0 Å². The Hall–Kier alpha value is -6.59. The second-order valence-electron chi connectivity index (χ2n) is 12.3. The minimum Gasteiger partial charge on any atom is -0.478 e. The van der Waals surface area contributed by atoms with E-state index < -0.39 is 11.9 Å². The van der Waals surface area contributed by atoms with E-state index >= 15 is 0 Å². The highest BCUT2D eigenvalue weighted by atomic mass is 16.4. The zero-order valence-electron chi connectivity index (χ0n) is 27.6. The van der Waals surface area contributed by atoms with E-state index in [9.17, 15) is 19.8 Å². The maximum atomic E-state index is 11.6. The average molecular weight is 660 g/mol. The molecule has 51 heavy (non-hydrogen) atoms. The molecule has 0 amide bonds. The molecule has 1 radical (unpaired) electrons. The van der Waals surface area contributed by atoms with Crippen LogP contribution in [-0.2, 0) is 0 Å². The topological polar surface area (TPSA) is 86.6 Å². The van der Waals surface area contributed by atoms with Crippen LogP contribution in [0.3, 0.4) is 0 Å². The molecule has 7 aromatic carbocycles. The molecular weight excluding hydrogens is 628 g/mol. The number of aromatic carboxylic acids is 2. The Kier molecular flexibility index (Phi) is 9.62. The van der Waals surface area contributed by atoms with Crippen molar-refractivity contribution in [1.82, 2.24) is 0 Å². The average Bonchev–Trinajstić information content (AvgIpc) is 3.17. The van der Waals surface area contributed by atoms with Gasteiger partial charge in [-0.2, -0.15) is 0 Å². The third-order valence-electron chi connectivity index (χ3n) is 9.00. The molecule has 7 heteroatoms. The zero-order chi connectivity index (χ0) is 35.2. The van der Waals surface area contributed by atoms with Crippen LogP contribution in [0, 0.1) is 0 Å². The van der Waals surface area contributed by atoms with Crippen LogP contribution in [0.2, 0.25) is 0 Å². The Balaban J connectivity index is 1.39. The molecule has 0 aromatic heterocycles. The number of benzene rings is 7. The monoisotopic (exact) mass is 660 g/mol. The fourth-order valence-corrected chi connectivity index (χ4v) is 6.39. The van der Waals surface area contributed by atoms with Gasteiger partial charge in [-0.3, -0.25) is 0 Å². The third-order valence-corrected chi connectivity index (χ3v) is 9.00. The Bertz CT molecular complexity index is 2260. The van der Waals surface area contributed by atoms with Crippen molar-refractivity contribution in [2.45, 2.75) is 0 Å². The number of rotatable bonds is 11. The predicted octanol–water partition coefficient (Wildman–Crippen LogP) is 6.33. The van der Waals surface area contributed by atoms with E-state index in [1.165, 1.54) is 0 Å². The quantitative estimate of drug-likeness (QED) is 0.141. The molecule has 0 spiro atoms. The van der Waals surface area contributed by atoms with Gasteiger partial charge < -0.3 is 15.5 Å². The minimum absolute atomic E-state index is 0.124. The van der Waals surface area contributed by atoms with E-state index in [1.807, 2.05) is 54.6 Å². The molecule has 0 saturated carbocycles. The van der Waals surface area contributed by atoms with Gasteiger partial charge in [0, 0.05) is 11.4 Å². The van der Waals surface area contributed by atoms with Crippen LogP contribution < -0.4 is 32.6 Å². The molecule has 243 valence electrons. The summed E-state index contributed by atoms with van der Waals surface area (Å²) in [4.78, 5) is 23.1. The molecule has 0 aliphatic heterocycles. The SMILES string of the molecule is O=C(O)c1ccc(-c2ccc([B]c3ccccc3)c(Nc3ccc(-c4ccc(C(=O)O)cc4)cc3B(c3ccccc3)c3ccccc3)c2)cc1. The smallest absolute Gasteiger partial charge is 0.335 e. The molecule has 7 rings (SSSR count). The molecule has 0 heterocycles. The number of hydrogen-bond donors (Lipinski definition) is 3. The second-order valence-corrected chi connectivity index (χ2v) is 12.3. The number of hydrogen-bond acceptors (Lipinski definition) is 3. The van der Waals surface area contributed by atoms with Gasteiger partial charge in [0.25, 0.3) is 0 Å². The van der Waals surface area contributed by atoms with Gasteiger partial charge in [-0.05, 0) is 64.1 Å². The van der Waals surface area contributed by atoms with Crippen molar-refractivity contribution in [3.05, 3.63) is 187 Å². The lowest BCUT2D eigenvalue weighted by atomic mass is 9.36. The van der Waals surface area contributed by atoms with Gasteiger partial charge >= 0.3 is 11.9 Å². The highest BCUT2D eigenvalue weighted by Crippen LogP contribution is 2.27. The van der Waals surface area contributed by atoms with Crippen molar-refractivity contribution in [2.75, 3.05) is 5.32 Å². The summed E-state index contributed by atoms with van der Waals surface area (Å²) in [6, 6.07) is 57.5.